The molecule has 2 unspecified atom stereocenters. The van der Waals surface area contributed by atoms with E-state index in [1.54, 1.807) is 0 Å². The smallest absolute Gasteiger partial charge is 0.305 e. The van der Waals surface area contributed by atoms with Crippen molar-refractivity contribution in [3.63, 3.8) is 0 Å². The summed E-state index contributed by atoms with van der Waals surface area (Å²) in [5.41, 5.74) is 0. The third-order valence-corrected chi connectivity index (χ3v) is 8.02. The molecule has 0 amide bonds. The Bertz CT molecular complexity index is 799. The number of hydrogen-bond donors (Lipinski definition) is 1. The molecule has 45 heavy (non-hydrogen) atoms. The number of hydrogen-bond acceptors (Lipinski definition) is 6. The number of ether oxygens (including phenoxy) is 2. The second kappa shape index (κ2) is 33.2. The Hall–Kier alpha value is -2.21. The minimum absolute atomic E-state index is 0.132. The van der Waals surface area contributed by atoms with E-state index in [-0.39, 0.29) is 30.9 Å². The summed E-state index contributed by atoms with van der Waals surface area (Å²) in [7, 11) is 0. The fraction of sp³-hybridized carbons (Fsp3) is 0.769. The third-order valence-electron chi connectivity index (χ3n) is 8.02. The molecule has 0 fully saturated rings. The van der Waals surface area contributed by atoms with Gasteiger partial charge in [-0.1, -0.05) is 128 Å². The maximum absolute atomic E-state index is 12.4. The van der Waals surface area contributed by atoms with Crippen LogP contribution in [0.15, 0.2) is 36.5 Å². The molecule has 0 heterocycles. The third kappa shape index (κ3) is 33.0. The van der Waals surface area contributed by atoms with Crippen molar-refractivity contribution in [2.45, 2.75) is 175 Å². The number of allylic oxidation sites excluding steroid dienone is 6. The molecule has 6 nitrogen and oxygen atoms in total. The Labute approximate surface area is 276 Å². The van der Waals surface area contributed by atoms with Crippen molar-refractivity contribution in [2.75, 3.05) is 13.2 Å². The normalized spacial score (nSPS) is 13.2. The average molecular weight is 633 g/mol. The Morgan fingerprint density at radius 1 is 0.622 bits per heavy atom. The van der Waals surface area contributed by atoms with Gasteiger partial charge in [-0.25, -0.2) is 0 Å². The molecular weight excluding hydrogens is 564 g/mol. The molecule has 260 valence electrons. The van der Waals surface area contributed by atoms with Crippen LogP contribution < -0.4 is 0 Å². The number of aliphatic hydroxyl groups is 1. The Balaban J connectivity index is 3.50. The second-order valence-corrected chi connectivity index (χ2v) is 12.6. The summed E-state index contributed by atoms with van der Waals surface area (Å²) >= 11 is 0. The van der Waals surface area contributed by atoms with Crippen molar-refractivity contribution in [1.82, 2.24) is 0 Å². The minimum Gasteiger partial charge on any atom is -0.463 e. The van der Waals surface area contributed by atoms with Gasteiger partial charge in [0.05, 0.1) is 0 Å². The zero-order valence-corrected chi connectivity index (χ0v) is 29.3. The Morgan fingerprint density at radius 3 is 1.69 bits per heavy atom. The van der Waals surface area contributed by atoms with Gasteiger partial charge in [-0.15, -0.1) is 0 Å². The van der Waals surface area contributed by atoms with E-state index in [0.717, 1.165) is 57.8 Å². The minimum atomic E-state index is -0.973. The number of aliphatic hydroxyl groups excluding tert-OH is 1. The monoisotopic (exact) mass is 633 g/mol. The first kappa shape index (κ1) is 42.8. The van der Waals surface area contributed by atoms with Crippen LogP contribution in [0.1, 0.15) is 168 Å². The van der Waals surface area contributed by atoms with Crippen molar-refractivity contribution in [3.05, 3.63) is 36.5 Å². The van der Waals surface area contributed by atoms with Gasteiger partial charge in [-0.3, -0.25) is 14.4 Å². The van der Waals surface area contributed by atoms with Crippen LogP contribution in [0, 0.1) is 5.92 Å². The molecule has 0 aromatic heterocycles. The van der Waals surface area contributed by atoms with E-state index >= 15 is 0 Å². The van der Waals surface area contributed by atoms with Crippen LogP contribution >= 0.6 is 0 Å². The summed E-state index contributed by atoms with van der Waals surface area (Å²) in [5, 5.41) is 9.58. The molecule has 0 aliphatic carbocycles. The highest BCUT2D eigenvalue weighted by Gasteiger charge is 2.11. The van der Waals surface area contributed by atoms with E-state index in [9.17, 15) is 19.5 Å². The lowest BCUT2D eigenvalue weighted by molar-refractivity contribution is -0.151. The maximum Gasteiger partial charge on any atom is 0.305 e. The van der Waals surface area contributed by atoms with Crippen LogP contribution in [0.2, 0.25) is 0 Å². The topological polar surface area (TPSA) is 89.9 Å². The fourth-order valence-electron chi connectivity index (χ4n) is 5.06. The molecule has 0 aliphatic rings. The molecule has 0 rings (SSSR count). The van der Waals surface area contributed by atoms with Gasteiger partial charge in [0.25, 0.3) is 0 Å². The fourth-order valence-corrected chi connectivity index (χ4v) is 5.06. The Kier molecular flexibility index (Phi) is 31.5. The molecule has 0 saturated carbocycles. The van der Waals surface area contributed by atoms with Gasteiger partial charge in [-0.2, -0.15) is 0 Å². The second-order valence-electron chi connectivity index (χ2n) is 12.6. The van der Waals surface area contributed by atoms with Crippen LogP contribution in [-0.4, -0.2) is 42.1 Å². The van der Waals surface area contributed by atoms with Crippen molar-refractivity contribution in [3.8, 4) is 0 Å². The van der Waals surface area contributed by atoms with Gasteiger partial charge in [0.15, 0.2) is 5.78 Å². The van der Waals surface area contributed by atoms with Crippen LogP contribution in [0.25, 0.3) is 0 Å². The van der Waals surface area contributed by atoms with Crippen LogP contribution in [0.3, 0.4) is 0 Å². The van der Waals surface area contributed by atoms with Crippen LogP contribution in [-0.2, 0) is 23.9 Å². The number of carbonyl (C=O) groups is 3. The number of esters is 2. The van der Waals surface area contributed by atoms with E-state index in [1.807, 2.05) is 6.08 Å². The molecule has 0 spiro atoms. The van der Waals surface area contributed by atoms with Crippen molar-refractivity contribution < 1.29 is 29.0 Å². The van der Waals surface area contributed by atoms with Gasteiger partial charge in [0.1, 0.15) is 19.3 Å². The van der Waals surface area contributed by atoms with Crippen LogP contribution in [0.5, 0.6) is 0 Å². The highest BCUT2D eigenvalue weighted by Crippen LogP contribution is 2.16. The van der Waals surface area contributed by atoms with E-state index in [1.165, 1.54) is 90.4 Å². The number of carbonyl (C=O) groups excluding carboxylic acids is 3. The largest absolute Gasteiger partial charge is 0.463 e. The molecule has 0 aliphatic heterocycles. The average Bonchev–Trinajstić information content (AvgIpc) is 3.02. The van der Waals surface area contributed by atoms with E-state index in [4.69, 9.17) is 4.74 Å². The quantitative estimate of drug-likeness (QED) is 0.0343. The summed E-state index contributed by atoms with van der Waals surface area (Å²) in [6.45, 7) is 5.29. The Morgan fingerprint density at radius 2 is 1.11 bits per heavy atom. The highest BCUT2D eigenvalue weighted by atomic mass is 16.6. The zero-order chi connectivity index (χ0) is 33.2. The molecular formula is C39H68O6. The lowest BCUT2D eigenvalue weighted by Gasteiger charge is -2.11. The lowest BCUT2D eigenvalue weighted by Crippen LogP contribution is -2.24. The summed E-state index contributed by atoms with van der Waals surface area (Å²) in [6, 6.07) is 0. The van der Waals surface area contributed by atoms with Gasteiger partial charge in [0, 0.05) is 19.3 Å². The number of unbranched alkanes of at least 4 members (excludes halogenated alkanes) is 17. The molecule has 6 heteroatoms. The van der Waals surface area contributed by atoms with Gasteiger partial charge >= 0.3 is 11.9 Å². The molecule has 0 saturated heterocycles. The molecule has 0 aromatic rings. The number of rotatable bonds is 32. The zero-order valence-electron chi connectivity index (χ0n) is 29.3. The summed E-state index contributed by atoms with van der Waals surface area (Å²) in [4.78, 5) is 34.8. The summed E-state index contributed by atoms with van der Waals surface area (Å²) in [5.74, 6) is -0.365. The van der Waals surface area contributed by atoms with Crippen molar-refractivity contribution >= 4 is 17.7 Å². The van der Waals surface area contributed by atoms with Gasteiger partial charge in [-0.05, 0) is 63.9 Å². The molecule has 1 N–H and O–H groups in total. The first-order chi connectivity index (χ1) is 21.9. The summed E-state index contributed by atoms with van der Waals surface area (Å²) in [6.07, 6.45) is 38.2. The van der Waals surface area contributed by atoms with E-state index in [2.05, 4.69) is 49.0 Å². The first-order valence-corrected chi connectivity index (χ1v) is 18.3. The van der Waals surface area contributed by atoms with Gasteiger partial charge in [0.2, 0.25) is 0 Å². The van der Waals surface area contributed by atoms with Gasteiger partial charge < -0.3 is 14.6 Å². The summed E-state index contributed by atoms with van der Waals surface area (Å²) < 4.78 is 9.68. The standard InChI is InChI=1S/C39H68O6/c1-4-5-6-7-8-9-10-11-12-13-16-19-22-25-28-31-38(42)35(2)30-27-24-21-18-15-14-17-20-23-26-29-32-39(43)45-34-37(41)33-44-36(3)40/h8-9,11-12,28,31,35,37,41H,4-7,10,13-27,29-30,32-34H2,1-3H3. The van der Waals surface area contributed by atoms with E-state index in [0.29, 0.717) is 6.42 Å². The SMILES string of the molecule is CCCCCC=CCC=CCCCCCC=CC(=O)C(C)CCCCCCCCCCCCCC(=O)OCC(O)COC(C)=O. The van der Waals surface area contributed by atoms with Crippen molar-refractivity contribution in [2.24, 2.45) is 5.92 Å². The first-order valence-electron chi connectivity index (χ1n) is 18.3. The predicted octanol–water partition coefficient (Wildman–Crippen LogP) is 10.3. The molecule has 2 atom stereocenters. The highest BCUT2D eigenvalue weighted by molar-refractivity contribution is 5.91. The molecule has 0 aromatic carbocycles. The molecule has 0 bridgehead atoms. The van der Waals surface area contributed by atoms with E-state index < -0.39 is 12.1 Å². The number of ketones is 1. The van der Waals surface area contributed by atoms with Crippen molar-refractivity contribution in [1.29, 1.82) is 0 Å². The lowest BCUT2D eigenvalue weighted by atomic mass is 9.97. The predicted molar refractivity (Wildman–Crippen MR) is 187 cm³/mol. The maximum atomic E-state index is 12.4. The van der Waals surface area contributed by atoms with Crippen LogP contribution in [0.4, 0.5) is 0 Å². The molecule has 0 radical (unpaired) electrons.